The number of imidazole rings is 1. The Balaban J connectivity index is 1.72. The average Bonchev–Trinajstić information content (AvgIpc) is 3.26. The van der Waals surface area contributed by atoms with Crippen LogP contribution in [0.2, 0.25) is 0 Å². The lowest BCUT2D eigenvalue weighted by Crippen LogP contribution is -2.43. The fourth-order valence-electron chi connectivity index (χ4n) is 3.20. The Hall–Kier alpha value is -3.01. The highest BCUT2D eigenvalue weighted by Crippen LogP contribution is 2.26. The van der Waals surface area contributed by atoms with Crippen molar-refractivity contribution >= 4 is 17.4 Å². The van der Waals surface area contributed by atoms with E-state index in [-0.39, 0.29) is 12.2 Å². The Bertz CT molecular complexity index is 988. The van der Waals surface area contributed by atoms with E-state index in [2.05, 4.69) is 25.7 Å². The first-order valence-electron chi connectivity index (χ1n) is 8.77. The number of nitrogens with zero attached hydrogens (tertiary/aromatic N) is 5. The summed E-state index contributed by atoms with van der Waals surface area (Å²) in [5, 5.41) is 10.6. The summed E-state index contributed by atoms with van der Waals surface area (Å²) < 4.78 is 18.3. The maximum atomic E-state index is 15.0. The molecule has 0 spiro atoms. The van der Waals surface area contributed by atoms with Gasteiger partial charge in [0.25, 0.3) is 5.91 Å². The van der Waals surface area contributed by atoms with Gasteiger partial charge in [-0.05, 0) is 32.0 Å². The molecule has 1 fully saturated rings. The van der Waals surface area contributed by atoms with E-state index in [1.807, 2.05) is 19.3 Å². The molecule has 0 radical (unpaired) electrons. The molecule has 4 rings (SSSR count). The number of nitrogens with one attached hydrogen (secondary N) is 2. The van der Waals surface area contributed by atoms with Gasteiger partial charge >= 0.3 is 0 Å². The molecule has 1 aliphatic rings. The van der Waals surface area contributed by atoms with Crippen molar-refractivity contribution in [2.45, 2.75) is 18.5 Å². The Morgan fingerprint density at radius 3 is 2.78 bits per heavy atom. The van der Waals surface area contributed by atoms with Crippen molar-refractivity contribution in [1.82, 2.24) is 29.5 Å². The lowest BCUT2D eigenvalue weighted by molar-refractivity contribution is 0.0996. The third-order valence-electron chi connectivity index (χ3n) is 4.74. The van der Waals surface area contributed by atoms with Crippen LogP contribution in [0.25, 0.3) is 17.0 Å². The maximum absolute atomic E-state index is 15.0. The first-order chi connectivity index (χ1) is 12.9. The number of alkyl halides is 1. The van der Waals surface area contributed by atoms with E-state index in [1.54, 1.807) is 15.3 Å². The van der Waals surface area contributed by atoms with Gasteiger partial charge in [0.05, 0.1) is 6.54 Å². The van der Waals surface area contributed by atoms with Gasteiger partial charge in [0.2, 0.25) is 0 Å². The number of carbonyl (C=O) groups is 1. The number of hydrogen-bond donors (Lipinski definition) is 3. The number of rotatable bonds is 5. The van der Waals surface area contributed by atoms with E-state index in [9.17, 15) is 9.18 Å². The van der Waals surface area contributed by atoms with Crippen LogP contribution < -0.4 is 16.4 Å². The number of halogens is 1. The van der Waals surface area contributed by atoms with E-state index in [1.165, 1.54) is 6.20 Å². The van der Waals surface area contributed by atoms with Gasteiger partial charge in [0, 0.05) is 25.6 Å². The molecule has 1 aliphatic heterocycles. The summed E-state index contributed by atoms with van der Waals surface area (Å²) in [7, 11) is 1.81. The number of nitrogens with two attached hydrogens (primary N) is 1. The second-order valence-corrected chi connectivity index (χ2v) is 6.83. The van der Waals surface area contributed by atoms with Gasteiger partial charge in [0.1, 0.15) is 22.8 Å². The zero-order valence-electron chi connectivity index (χ0n) is 14.9. The quantitative estimate of drug-likeness (QED) is 0.608. The van der Waals surface area contributed by atoms with Crippen molar-refractivity contribution in [3.63, 3.8) is 0 Å². The molecular weight excluding hydrogens is 351 g/mol. The summed E-state index contributed by atoms with van der Waals surface area (Å²) in [6.45, 7) is 1.40. The van der Waals surface area contributed by atoms with Gasteiger partial charge in [-0.3, -0.25) is 9.48 Å². The standard InChI is InChI=1S/C17H21FN8O/c1-25-7-2-11(24-25)12-8-26-9-13(14(19)27)23-16(26)15(22-12)21-10-17(18)3-5-20-6-4-17/h2,7-9,20H,3-6,10H2,1H3,(H2,19,27)(H,21,22). The van der Waals surface area contributed by atoms with Crippen LogP contribution >= 0.6 is 0 Å². The van der Waals surface area contributed by atoms with E-state index in [0.29, 0.717) is 48.8 Å². The molecular formula is C17H21FN8O. The van der Waals surface area contributed by atoms with Gasteiger partial charge in [0.15, 0.2) is 11.5 Å². The molecule has 10 heteroatoms. The Morgan fingerprint density at radius 1 is 1.33 bits per heavy atom. The minimum atomic E-state index is -1.32. The van der Waals surface area contributed by atoms with Gasteiger partial charge in [-0.1, -0.05) is 0 Å². The topological polar surface area (TPSA) is 115 Å². The van der Waals surface area contributed by atoms with Gasteiger partial charge in [-0.15, -0.1) is 0 Å². The normalized spacial score (nSPS) is 16.5. The van der Waals surface area contributed by atoms with Crippen molar-refractivity contribution in [2.75, 3.05) is 25.0 Å². The monoisotopic (exact) mass is 372 g/mol. The van der Waals surface area contributed by atoms with Crippen LogP contribution in [-0.2, 0) is 7.05 Å². The van der Waals surface area contributed by atoms with Crippen molar-refractivity contribution in [1.29, 1.82) is 0 Å². The molecule has 0 aromatic carbocycles. The predicted octanol–water partition coefficient (Wildman–Crippen LogP) is 0.732. The molecule has 4 N–H and O–H groups in total. The van der Waals surface area contributed by atoms with Crippen LogP contribution in [0.5, 0.6) is 0 Å². The molecule has 0 bridgehead atoms. The van der Waals surface area contributed by atoms with E-state index in [0.717, 1.165) is 0 Å². The highest BCUT2D eigenvalue weighted by atomic mass is 19.1. The molecule has 27 heavy (non-hydrogen) atoms. The Morgan fingerprint density at radius 2 is 2.11 bits per heavy atom. The largest absolute Gasteiger partial charge is 0.364 e. The molecule has 1 amide bonds. The van der Waals surface area contributed by atoms with Crippen LogP contribution in [-0.4, -0.2) is 55.4 Å². The number of carbonyl (C=O) groups excluding carboxylic acids is 1. The van der Waals surface area contributed by atoms with Crippen molar-refractivity contribution in [3.05, 3.63) is 30.4 Å². The summed E-state index contributed by atoms with van der Waals surface area (Å²) in [5.74, 6) is -0.245. The highest BCUT2D eigenvalue weighted by Gasteiger charge is 2.32. The molecule has 3 aromatic rings. The fraction of sp³-hybridized carbons (Fsp3) is 0.412. The zero-order chi connectivity index (χ0) is 19.0. The fourth-order valence-corrected chi connectivity index (χ4v) is 3.20. The summed E-state index contributed by atoms with van der Waals surface area (Å²) >= 11 is 0. The highest BCUT2D eigenvalue weighted by molar-refractivity contribution is 5.92. The number of aryl methyl sites for hydroxylation is 1. The molecule has 0 saturated carbocycles. The van der Waals surface area contributed by atoms with Gasteiger partial charge in [-0.25, -0.2) is 14.4 Å². The van der Waals surface area contributed by atoms with Gasteiger partial charge < -0.3 is 20.8 Å². The lowest BCUT2D eigenvalue weighted by Gasteiger charge is -2.30. The minimum Gasteiger partial charge on any atom is -0.364 e. The second kappa shape index (κ2) is 6.62. The van der Waals surface area contributed by atoms with E-state index >= 15 is 0 Å². The summed E-state index contributed by atoms with van der Waals surface area (Å²) in [6.07, 6.45) is 5.92. The van der Waals surface area contributed by atoms with Crippen molar-refractivity contribution < 1.29 is 9.18 Å². The smallest absolute Gasteiger partial charge is 0.268 e. The number of anilines is 1. The molecule has 1 saturated heterocycles. The molecule has 142 valence electrons. The summed E-state index contributed by atoms with van der Waals surface area (Å²) in [5.41, 5.74) is 5.82. The molecule has 0 aliphatic carbocycles. The van der Waals surface area contributed by atoms with E-state index < -0.39 is 11.6 Å². The van der Waals surface area contributed by atoms with Crippen LogP contribution in [0.3, 0.4) is 0 Å². The number of piperidine rings is 1. The molecule has 4 heterocycles. The number of amides is 1. The molecule has 9 nitrogen and oxygen atoms in total. The SMILES string of the molecule is Cn1ccc(-c2cn3cc(C(N)=O)nc3c(NCC3(F)CCNCC3)n2)n1. The average molecular weight is 372 g/mol. The van der Waals surface area contributed by atoms with Gasteiger partial charge in [-0.2, -0.15) is 5.10 Å². The zero-order valence-corrected chi connectivity index (χ0v) is 14.9. The van der Waals surface area contributed by atoms with Crippen LogP contribution in [0, 0.1) is 0 Å². The molecule has 0 unspecified atom stereocenters. The minimum absolute atomic E-state index is 0.113. The lowest BCUT2D eigenvalue weighted by atomic mass is 9.94. The van der Waals surface area contributed by atoms with Crippen molar-refractivity contribution in [3.8, 4) is 11.4 Å². The molecule has 0 atom stereocenters. The van der Waals surface area contributed by atoms with E-state index in [4.69, 9.17) is 5.73 Å². The maximum Gasteiger partial charge on any atom is 0.268 e. The van der Waals surface area contributed by atoms with Crippen LogP contribution in [0.1, 0.15) is 23.3 Å². The summed E-state index contributed by atoms with van der Waals surface area (Å²) in [4.78, 5) is 20.3. The van der Waals surface area contributed by atoms with Crippen LogP contribution in [0.4, 0.5) is 10.2 Å². The first-order valence-corrected chi connectivity index (χ1v) is 8.77. The first kappa shape index (κ1) is 17.4. The second-order valence-electron chi connectivity index (χ2n) is 6.83. The number of hydrogen-bond acceptors (Lipinski definition) is 6. The number of aromatic nitrogens is 5. The number of primary amides is 1. The Kier molecular flexibility index (Phi) is 4.27. The number of fused-ring (bicyclic) bond motifs is 1. The van der Waals surface area contributed by atoms with Crippen molar-refractivity contribution in [2.24, 2.45) is 12.8 Å². The third kappa shape index (κ3) is 3.47. The molecule has 3 aromatic heterocycles. The predicted molar refractivity (Wildman–Crippen MR) is 98.1 cm³/mol. The summed E-state index contributed by atoms with van der Waals surface area (Å²) in [6, 6.07) is 1.83. The van der Waals surface area contributed by atoms with Crippen LogP contribution in [0.15, 0.2) is 24.7 Å². The third-order valence-corrected chi connectivity index (χ3v) is 4.74. The Labute approximate surface area is 154 Å².